The summed E-state index contributed by atoms with van der Waals surface area (Å²) >= 11 is 0. The van der Waals surface area contributed by atoms with E-state index < -0.39 is 11.9 Å². The van der Waals surface area contributed by atoms with Crippen molar-refractivity contribution >= 4 is 0 Å². The molecule has 0 amide bonds. The molecule has 1 N–H and O–H groups in total. The molecule has 0 radical (unpaired) electrons. The first-order valence-electron chi connectivity index (χ1n) is 4.29. The zero-order valence-corrected chi connectivity index (χ0v) is 7.88. The van der Waals surface area contributed by atoms with Crippen LogP contribution < -0.4 is 0 Å². The van der Waals surface area contributed by atoms with E-state index in [2.05, 4.69) is 15.1 Å². The Morgan fingerprint density at radius 2 is 2.27 bits per heavy atom. The maximum absolute atomic E-state index is 12.8. The molecule has 0 aliphatic heterocycles. The predicted molar refractivity (Wildman–Crippen MR) is 48.1 cm³/mol. The molecule has 5 nitrogen and oxygen atoms in total. The van der Waals surface area contributed by atoms with Gasteiger partial charge in [-0.2, -0.15) is 4.98 Å². The van der Waals surface area contributed by atoms with Crippen LogP contribution in [0, 0.1) is 5.82 Å². The van der Waals surface area contributed by atoms with E-state index in [4.69, 9.17) is 9.63 Å². The van der Waals surface area contributed by atoms with Crippen molar-refractivity contribution in [2.75, 3.05) is 0 Å². The molecule has 2 heterocycles. The fraction of sp³-hybridized carbons (Fsp3) is 0.222. The molecule has 1 unspecified atom stereocenters. The van der Waals surface area contributed by atoms with Gasteiger partial charge in [0, 0.05) is 6.20 Å². The van der Waals surface area contributed by atoms with Crippen molar-refractivity contribution in [3.8, 4) is 11.5 Å². The van der Waals surface area contributed by atoms with Gasteiger partial charge in [0.1, 0.15) is 11.9 Å². The maximum Gasteiger partial charge on any atom is 0.259 e. The van der Waals surface area contributed by atoms with E-state index in [0.717, 1.165) is 6.20 Å². The van der Waals surface area contributed by atoms with Gasteiger partial charge in [-0.3, -0.25) is 4.98 Å². The molecule has 15 heavy (non-hydrogen) atoms. The van der Waals surface area contributed by atoms with Crippen LogP contribution in [-0.2, 0) is 0 Å². The lowest BCUT2D eigenvalue weighted by Crippen LogP contribution is -1.93. The third-order valence-electron chi connectivity index (χ3n) is 1.77. The Balaban J connectivity index is 2.37. The minimum absolute atomic E-state index is 0.137. The average Bonchev–Trinajstić information content (AvgIpc) is 2.66. The lowest BCUT2D eigenvalue weighted by atomic mass is 10.3. The normalized spacial score (nSPS) is 12.7. The van der Waals surface area contributed by atoms with Crippen LogP contribution in [0.1, 0.15) is 18.9 Å². The number of aromatic nitrogens is 3. The van der Waals surface area contributed by atoms with Gasteiger partial charge in [0.05, 0.1) is 11.8 Å². The highest BCUT2D eigenvalue weighted by molar-refractivity contribution is 5.50. The molecular weight excluding hydrogens is 201 g/mol. The van der Waals surface area contributed by atoms with E-state index in [0.29, 0.717) is 5.56 Å². The molecule has 2 rings (SSSR count). The second-order valence-corrected chi connectivity index (χ2v) is 3.03. The van der Waals surface area contributed by atoms with Gasteiger partial charge >= 0.3 is 0 Å². The van der Waals surface area contributed by atoms with Crippen molar-refractivity contribution in [2.24, 2.45) is 0 Å². The van der Waals surface area contributed by atoms with Crippen molar-refractivity contribution in [1.82, 2.24) is 15.1 Å². The molecule has 78 valence electrons. The number of hydrogen-bond acceptors (Lipinski definition) is 5. The zero-order chi connectivity index (χ0) is 10.8. The fourth-order valence-corrected chi connectivity index (χ4v) is 1.05. The molecular formula is C9H8FN3O2. The summed E-state index contributed by atoms with van der Waals surface area (Å²) in [5, 5.41) is 12.7. The van der Waals surface area contributed by atoms with Gasteiger partial charge < -0.3 is 9.63 Å². The van der Waals surface area contributed by atoms with E-state index in [9.17, 15) is 4.39 Å². The summed E-state index contributed by atoms with van der Waals surface area (Å²) < 4.78 is 17.7. The van der Waals surface area contributed by atoms with Gasteiger partial charge in [0.2, 0.25) is 0 Å². The number of aliphatic hydroxyl groups excluding tert-OH is 1. The van der Waals surface area contributed by atoms with Crippen molar-refractivity contribution in [3.63, 3.8) is 0 Å². The van der Waals surface area contributed by atoms with Crippen LogP contribution in [0.4, 0.5) is 4.39 Å². The molecule has 0 aromatic carbocycles. The van der Waals surface area contributed by atoms with Crippen molar-refractivity contribution in [1.29, 1.82) is 0 Å². The first kappa shape index (κ1) is 9.72. The van der Waals surface area contributed by atoms with Crippen LogP contribution in [0.25, 0.3) is 11.5 Å². The summed E-state index contributed by atoms with van der Waals surface area (Å²) in [5.74, 6) is -0.184. The predicted octanol–water partition coefficient (Wildman–Crippen LogP) is 1.32. The van der Waals surface area contributed by atoms with Crippen molar-refractivity contribution < 1.29 is 14.0 Å². The molecule has 2 aromatic rings. The highest BCUT2D eigenvalue weighted by Gasteiger charge is 2.12. The Hall–Kier alpha value is -1.82. The Kier molecular flexibility index (Phi) is 2.42. The van der Waals surface area contributed by atoms with Crippen LogP contribution in [0.15, 0.2) is 23.0 Å². The average molecular weight is 209 g/mol. The lowest BCUT2D eigenvalue weighted by molar-refractivity contribution is 0.184. The van der Waals surface area contributed by atoms with Crippen molar-refractivity contribution in [2.45, 2.75) is 13.0 Å². The molecule has 0 saturated carbocycles. The van der Waals surface area contributed by atoms with Crippen LogP contribution in [0.5, 0.6) is 0 Å². The largest absolute Gasteiger partial charge is 0.385 e. The fourth-order valence-electron chi connectivity index (χ4n) is 1.05. The van der Waals surface area contributed by atoms with Crippen LogP contribution >= 0.6 is 0 Å². The number of rotatable bonds is 2. The molecule has 0 aliphatic carbocycles. The molecule has 1 atom stereocenters. The second-order valence-electron chi connectivity index (χ2n) is 3.03. The number of nitrogens with zero attached hydrogens (tertiary/aromatic N) is 3. The SMILES string of the molecule is CC(O)c1noc(-c2cncc(F)c2)n1. The van der Waals surface area contributed by atoms with Gasteiger partial charge in [0.25, 0.3) is 5.89 Å². The van der Waals surface area contributed by atoms with E-state index in [-0.39, 0.29) is 11.7 Å². The monoisotopic (exact) mass is 209 g/mol. The Morgan fingerprint density at radius 3 is 2.87 bits per heavy atom. The summed E-state index contributed by atoms with van der Waals surface area (Å²) in [6, 6.07) is 1.23. The van der Waals surface area contributed by atoms with Gasteiger partial charge in [0.15, 0.2) is 5.82 Å². The van der Waals surface area contributed by atoms with E-state index in [1.54, 1.807) is 0 Å². The molecule has 0 saturated heterocycles. The first-order chi connectivity index (χ1) is 7.16. The standard InChI is InChI=1S/C9H8FN3O2/c1-5(14)8-12-9(15-13-8)6-2-7(10)4-11-3-6/h2-5,14H,1H3. The summed E-state index contributed by atoms with van der Waals surface area (Å²) in [6.07, 6.45) is 1.67. The van der Waals surface area contributed by atoms with E-state index >= 15 is 0 Å². The topological polar surface area (TPSA) is 72.0 Å². The van der Waals surface area contributed by atoms with Gasteiger partial charge in [-0.05, 0) is 13.0 Å². The molecule has 2 aromatic heterocycles. The molecule has 0 aliphatic rings. The van der Waals surface area contributed by atoms with Crippen LogP contribution in [0.3, 0.4) is 0 Å². The molecule has 0 fully saturated rings. The minimum atomic E-state index is -0.816. The minimum Gasteiger partial charge on any atom is -0.385 e. The van der Waals surface area contributed by atoms with Gasteiger partial charge in [-0.1, -0.05) is 5.16 Å². The van der Waals surface area contributed by atoms with Gasteiger partial charge in [-0.15, -0.1) is 0 Å². The zero-order valence-electron chi connectivity index (χ0n) is 7.88. The number of halogens is 1. The smallest absolute Gasteiger partial charge is 0.259 e. The highest BCUT2D eigenvalue weighted by atomic mass is 19.1. The van der Waals surface area contributed by atoms with E-state index in [1.165, 1.54) is 19.2 Å². The highest BCUT2D eigenvalue weighted by Crippen LogP contribution is 2.18. The van der Waals surface area contributed by atoms with Crippen LogP contribution in [-0.4, -0.2) is 20.2 Å². The third-order valence-corrected chi connectivity index (χ3v) is 1.77. The summed E-state index contributed by atoms with van der Waals surface area (Å²) in [7, 11) is 0. The Labute approximate surface area is 84.6 Å². The second kappa shape index (κ2) is 3.74. The summed E-state index contributed by atoms with van der Waals surface area (Å²) in [5.41, 5.74) is 0.384. The summed E-state index contributed by atoms with van der Waals surface area (Å²) in [4.78, 5) is 7.54. The van der Waals surface area contributed by atoms with Gasteiger partial charge in [-0.25, -0.2) is 4.39 Å². The number of hydrogen-bond donors (Lipinski definition) is 1. The maximum atomic E-state index is 12.8. The molecule has 0 bridgehead atoms. The lowest BCUT2D eigenvalue weighted by Gasteiger charge is -1.93. The number of pyridine rings is 1. The Morgan fingerprint density at radius 1 is 1.47 bits per heavy atom. The Bertz CT molecular complexity index is 470. The molecule has 6 heteroatoms. The van der Waals surface area contributed by atoms with Crippen molar-refractivity contribution in [3.05, 3.63) is 30.1 Å². The quantitative estimate of drug-likeness (QED) is 0.807. The molecule has 0 spiro atoms. The van der Waals surface area contributed by atoms with E-state index in [1.807, 2.05) is 0 Å². The third kappa shape index (κ3) is 1.99. The summed E-state index contributed by atoms with van der Waals surface area (Å²) in [6.45, 7) is 1.51. The van der Waals surface area contributed by atoms with Crippen LogP contribution in [0.2, 0.25) is 0 Å². The first-order valence-corrected chi connectivity index (χ1v) is 4.29. The number of aliphatic hydroxyl groups is 1.